The molecule has 1 aliphatic rings. The summed E-state index contributed by atoms with van der Waals surface area (Å²) in [5.41, 5.74) is 2.93. The molecule has 39 heavy (non-hydrogen) atoms. The van der Waals surface area contributed by atoms with Gasteiger partial charge in [0, 0.05) is 25.1 Å². The molecule has 8 nitrogen and oxygen atoms in total. The number of carboxylic acids is 1. The largest absolute Gasteiger partial charge is 0.493 e. The van der Waals surface area contributed by atoms with Crippen LogP contribution in [-0.2, 0) is 22.4 Å². The van der Waals surface area contributed by atoms with Crippen molar-refractivity contribution in [1.82, 2.24) is 9.88 Å². The molecule has 208 valence electrons. The summed E-state index contributed by atoms with van der Waals surface area (Å²) < 4.78 is 17.1. The molecule has 0 bridgehead atoms. The Hall–Kier alpha value is -3.81. The first-order chi connectivity index (χ1) is 18.8. The molecule has 2 heterocycles. The molecule has 0 unspecified atom stereocenters. The summed E-state index contributed by atoms with van der Waals surface area (Å²) in [6, 6.07) is 17.7. The Morgan fingerprint density at radius 3 is 2.54 bits per heavy atom. The number of carbonyl (C=O) groups is 2. The van der Waals surface area contributed by atoms with E-state index in [2.05, 4.69) is 4.98 Å². The van der Waals surface area contributed by atoms with E-state index < -0.39 is 11.9 Å². The van der Waals surface area contributed by atoms with E-state index >= 15 is 0 Å². The van der Waals surface area contributed by atoms with Crippen molar-refractivity contribution in [2.45, 2.75) is 46.5 Å². The molecule has 2 atom stereocenters. The second-order valence-corrected chi connectivity index (χ2v) is 10.6. The van der Waals surface area contributed by atoms with E-state index in [1.807, 2.05) is 75.4 Å². The molecule has 0 saturated carbocycles. The highest BCUT2D eigenvalue weighted by Gasteiger charge is 2.36. The molecule has 3 aromatic rings. The zero-order valence-corrected chi connectivity index (χ0v) is 23.0. The Bertz CT molecular complexity index is 1220. The lowest BCUT2D eigenvalue weighted by Crippen LogP contribution is -2.46. The van der Waals surface area contributed by atoms with Crippen LogP contribution in [0.25, 0.3) is 11.5 Å². The molecule has 0 radical (unpaired) electrons. The number of aliphatic carboxylic acids is 1. The van der Waals surface area contributed by atoms with Crippen LogP contribution in [0.15, 0.2) is 59.0 Å². The molecule has 1 N–H and O–H groups in total. The first-order valence-corrected chi connectivity index (χ1v) is 13.7. The maximum atomic E-state index is 12.4. The van der Waals surface area contributed by atoms with E-state index in [-0.39, 0.29) is 17.9 Å². The predicted octanol–water partition coefficient (Wildman–Crippen LogP) is 6.02. The number of ether oxygens (including phenoxy) is 2. The number of likely N-dealkylation sites (tertiary alicyclic amines) is 1. The lowest BCUT2D eigenvalue weighted by Gasteiger charge is -2.36. The number of carbonyl (C=O) groups excluding carboxylic acids is 1. The van der Waals surface area contributed by atoms with Gasteiger partial charge in [-0.25, -0.2) is 9.78 Å². The van der Waals surface area contributed by atoms with Gasteiger partial charge in [0.2, 0.25) is 5.89 Å². The van der Waals surface area contributed by atoms with Crippen molar-refractivity contribution in [2.24, 2.45) is 17.8 Å². The van der Waals surface area contributed by atoms with Crippen LogP contribution in [0, 0.1) is 24.7 Å². The Morgan fingerprint density at radius 1 is 1.10 bits per heavy atom. The first kappa shape index (κ1) is 28.2. The van der Waals surface area contributed by atoms with Crippen LogP contribution in [0.2, 0.25) is 0 Å². The van der Waals surface area contributed by atoms with E-state index in [1.54, 1.807) is 4.90 Å². The third-order valence-corrected chi connectivity index (χ3v) is 7.10. The van der Waals surface area contributed by atoms with E-state index in [0.717, 1.165) is 34.8 Å². The Labute approximate surface area is 229 Å². The number of hydrogen-bond donors (Lipinski definition) is 1. The number of benzene rings is 2. The minimum atomic E-state index is -0.794. The van der Waals surface area contributed by atoms with Crippen LogP contribution in [0.4, 0.5) is 4.79 Å². The number of rotatable bonds is 11. The SMILES string of the molecule is Cc1oc(-c2ccccc2)nc1CCOc1ccc(CC[C@H]2CN(C(=O)OCC(C)C)CC[C@H]2C(=O)O)cc1. The molecule has 0 spiro atoms. The predicted molar refractivity (Wildman–Crippen MR) is 148 cm³/mol. The number of carboxylic acid groups (broad SMARTS) is 1. The number of oxazole rings is 1. The summed E-state index contributed by atoms with van der Waals surface area (Å²) in [5.74, 6) is 1.06. The van der Waals surface area contributed by atoms with Gasteiger partial charge >= 0.3 is 12.1 Å². The maximum absolute atomic E-state index is 12.4. The van der Waals surface area contributed by atoms with Crippen LogP contribution in [0.5, 0.6) is 5.75 Å². The number of nitrogens with zero attached hydrogens (tertiary/aromatic N) is 2. The van der Waals surface area contributed by atoms with Gasteiger partial charge in [-0.1, -0.05) is 44.2 Å². The number of piperidine rings is 1. The van der Waals surface area contributed by atoms with Gasteiger partial charge in [0.1, 0.15) is 11.5 Å². The van der Waals surface area contributed by atoms with Gasteiger partial charge in [0.25, 0.3) is 0 Å². The highest BCUT2D eigenvalue weighted by Crippen LogP contribution is 2.29. The van der Waals surface area contributed by atoms with Crippen molar-refractivity contribution in [2.75, 3.05) is 26.3 Å². The molecule has 2 aromatic carbocycles. The summed E-state index contributed by atoms with van der Waals surface area (Å²) in [6.07, 6.45) is 2.14. The zero-order valence-electron chi connectivity index (χ0n) is 23.0. The molecular formula is C31H38N2O6. The fourth-order valence-electron chi connectivity index (χ4n) is 4.88. The molecule has 0 aliphatic carbocycles. The van der Waals surface area contributed by atoms with Crippen LogP contribution in [-0.4, -0.2) is 53.4 Å². The third-order valence-electron chi connectivity index (χ3n) is 7.10. The van der Waals surface area contributed by atoms with Crippen LogP contribution < -0.4 is 4.74 Å². The molecule has 1 aliphatic heterocycles. The minimum absolute atomic E-state index is 0.120. The third kappa shape index (κ3) is 7.85. The van der Waals surface area contributed by atoms with Crippen molar-refractivity contribution in [1.29, 1.82) is 0 Å². The Morgan fingerprint density at radius 2 is 1.85 bits per heavy atom. The molecule has 1 saturated heterocycles. The summed E-state index contributed by atoms with van der Waals surface area (Å²) in [6.45, 7) is 7.55. The Balaban J connectivity index is 1.26. The minimum Gasteiger partial charge on any atom is -0.493 e. The van der Waals surface area contributed by atoms with Gasteiger partial charge in [0.05, 0.1) is 24.8 Å². The maximum Gasteiger partial charge on any atom is 0.409 e. The lowest BCUT2D eigenvalue weighted by molar-refractivity contribution is -0.145. The smallest absolute Gasteiger partial charge is 0.409 e. The van der Waals surface area contributed by atoms with E-state index in [1.165, 1.54) is 0 Å². The van der Waals surface area contributed by atoms with Crippen LogP contribution >= 0.6 is 0 Å². The highest BCUT2D eigenvalue weighted by molar-refractivity contribution is 5.72. The summed E-state index contributed by atoms with van der Waals surface area (Å²) in [5, 5.41) is 9.72. The van der Waals surface area contributed by atoms with Gasteiger partial charge in [-0.3, -0.25) is 4.79 Å². The quantitative estimate of drug-likeness (QED) is 0.321. The van der Waals surface area contributed by atoms with Gasteiger partial charge in [-0.15, -0.1) is 0 Å². The molecule has 1 fully saturated rings. The molecule has 1 aromatic heterocycles. The summed E-state index contributed by atoms with van der Waals surface area (Å²) >= 11 is 0. The highest BCUT2D eigenvalue weighted by atomic mass is 16.6. The normalized spacial score (nSPS) is 17.3. The second kappa shape index (κ2) is 13.3. The van der Waals surface area contributed by atoms with Gasteiger partial charge < -0.3 is 23.9 Å². The summed E-state index contributed by atoms with van der Waals surface area (Å²) in [4.78, 5) is 30.6. The number of aryl methyl sites for hydroxylation is 2. The van der Waals surface area contributed by atoms with Crippen molar-refractivity contribution < 1.29 is 28.6 Å². The number of aromatic nitrogens is 1. The second-order valence-electron chi connectivity index (χ2n) is 10.6. The summed E-state index contributed by atoms with van der Waals surface area (Å²) in [7, 11) is 0. The van der Waals surface area contributed by atoms with Crippen LogP contribution in [0.3, 0.4) is 0 Å². The van der Waals surface area contributed by atoms with Crippen molar-refractivity contribution in [3.63, 3.8) is 0 Å². The zero-order chi connectivity index (χ0) is 27.8. The van der Waals surface area contributed by atoms with Crippen molar-refractivity contribution in [3.05, 3.63) is 71.6 Å². The number of hydrogen-bond acceptors (Lipinski definition) is 6. The standard InChI is InChI=1S/C31H38N2O6/c1-21(2)20-38-31(36)33-17-15-27(30(34)35)25(19-33)12-9-23-10-13-26(14-11-23)37-18-16-28-22(3)39-29(32-28)24-7-5-4-6-8-24/h4-8,10-11,13-14,21,25,27H,9,12,15-20H2,1-3H3,(H,34,35)/t25-,27+/m0/s1. The fraction of sp³-hybridized carbons (Fsp3) is 0.452. The fourth-order valence-corrected chi connectivity index (χ4v) is 4.88. The monoisotopic (exact) mass is 534 g/mol. The van der Waals surface area contributed by atoms with E-state index in [0.29, 0.717) is 51.5 Å². The van der Waals surface area contributed by atoms with E-state index in [4.69, 9.17) is 13.9 Å². The van der Waals surface area contributed by atoms with Gasteiger partial charge in [-0.2, -0.15) is 0 Å². The molecule has 8 heteroatoms. The first-order valence-electron chi connectivity index (χ1n) is 13.7. The van der Waals surface area contributed by atoms with Gasteiger partial charge in [-0.05, 0) is 67.9 Å². The molecule has 4 rings (SSSR count). The van der Waals surface area contributed by atoms with Crippen molar-refractivity contribution in [3.8, 4) is 17.2 Å². The average molecular weight is 535 g/mol. The lowest BCUT2D eigenvalue weighted by atomic mass is 9.82. The average Bonchev–Trinajstić information content (AvgIpc) is 3.31. The van der Waals surface area contributed by atoms with E-state index in [9.17, 15) is 14.7 Å². The molecule has 1 amide bonds. The number of amides is 1. The van der Waals surface area contributed by atoms with Crippen molar-refractivity contribution >= 4 is 12.1 Å². The van der Waals surface area contributed by atoms with Gasteiger partial charge in [0.15, 0.2) is 0 Å². The van der Waals surface area contributed by atoms with Crippen LogP contribution in [0.1, 0.15) is 43.7 Å². The topological polar surface area (TPSA) is 102 Å². The molecular weight excluding hydrogens is 496 g/mol. The Kier molecular flexibility index (Phi) is 9.63.